The average molecular weight is 358 g/mol. The van der Waals surface area contributed by atoms with Gasteiger partial charge in [0.25, 0.3) is 5.91 Å². The maximum absolute atomic E-state index is 12.9. The van der Waals surface area contributed by atoms with E-state index in [0.29, 0.717) is 13.0 Å². The molecule has 1 atom stereocenters. The summed E-state index contributed by atoms with van der Waals surface area (Å²) in [6, 6.07) is 13.7. The van der Waals surface area contributed by atoms with E-state index in [0.717, 1.165) is 16.1 Å². The Morgan fingerprint density at radius 2 is 1.88 bits per heavy atom. The van der Waals surface area contributed by atoms with Gasteiger partial charge < -0.3 is 10.2 Å². The number of hydrogen-bond donors (Lipinski definition) is 1. The number of nitrogens with one attached hydrogen (secondary N) is 1. The Hall–Kier alpha value is -2.34. The maximum atomic E-state index is 12.9. The zero-order valence-electron chi connectivity index (χ0n) is 14.1. The monoisotopic (exact) mass is 358 g/mol. The van der Waals surface area contributed by atoms with Crippen LogP contribution in [0.4, 0.5) is 10.1 Å². The SMILES string of the molecule is CN1C(=O)C(C)(C(=O)NCCc2ccc(F)cc2)Sc2ccccc21. The van der Waals surface area contributed by atoms with Crippen LogP contribution in [-0.4, -0.2) is 30.2 Å². The third-order valence-corrected chi connectivity index (χ3v) is 5.63. The van der Waals surface area contributed by atoms with Crippen molar-refractivity contribution in [2.75, 3.05) is 18.5 Å². The summed E-state index contributed by atoms with van der Waals surface area (Å²) in [5, 5.41) is 2.84. The summed E-state index contributed by atoms with van der Waals surface area (Å²) in [6.07, 6.45) is 0.577. The molecule has 0 spiro atoms. The summed E-state index contributed by atoms with van der Waals surface area (Å²) >= 11 is 1.27. The van der Waals surface area contributed by atoms with E-state index in [1.54, 1.807) is 26.1 Å². The molecular weight excluding hydrogens is 339 g/mol. The summed E-state index contributed by atoms with van der Waals surface area (Å²) in [6.45, 7) is 2.04. The Kier molecular flexibility index (Phi) is 4.81. The minimum atomic E-state index is -1.20. The van der Waals surface area contributed by atoms with E-state index >= 15 is 0 Å². The molecule has 25 heavy (non-hydrogen) atoms. The lowest BCUT2D eigenvalue weighted by Crippen LogP contribution is -2.55. The van der Waals surface area contributed by atoms with Crippen LogP contribution in [0, 0.1) is 5.82 Å². The Morgan fingerprint density at radius 3 is 2.60 bits per heavy atom. The van der Waals surface area contributed by atoms with E-state index in [9.17, 15) is 14.0 Å². The van der Waals surface area contributed by atoms with Gasteiger partial charge in [-0.1, -0.05) is 36.0 Å². The molecule has 1 aliphatic rings. The fourth-order valence-corrected chi connectivity index (χ4v) is 4.08. The quantitative estimate of drug-likeness (QED) is 0.855. The van der Waals surface area contributed by atoms with Crippen molar-refractivity contribution in [1.82, 2.24) is 5.32 Å². The molecule has 1 aliphatic heterocycles. The van der Waals surface area contributed by atoms with E-state index in [4.69, 9.17) is 0 Å². The van der Waals surface area contributed by atoms with E-state index in [2.05, 4.69) is 5.32 Å². The number of halogens is 1. The lowest BCUT2D eigenvalue weighted by Gasteiger charge is -2.36. The number of rotatable bonds is 4. The van der Waals surface area contributed by atoms with Gasteiger partial charge in [-0.25, -0.2) is 4.39 Å². The average Bonchev–Trinajstić information content (AvgIpc) is 2.61. The molecule has 0 saturated carbocycles. The highest BCUT2D eigenvalue weighted by Crippen LogP contribution is 2.44. The highest BCUT2D eigenvalue weighted by Gasteiger charge is 2.48. The van der Waals surface area contributed by atoms with Crippen LogP contribution in [0.5, 0.6) is 0 Å². The summed E-state index contributed by atoms with van der Waals surface area (Å²) in [5.74, 6) is -0.840. The van der Waals surface area contributed by atoms with Crippen molar-refractivity contribution >= 4 is 29.3 Å². The van der Waals surface area contributed by atoms with Gasteiger partial charge in [0.2, 0.25) is 5.91 Å². The number of carbonyl (C=O) groups is 2. The summed E-state index contributed by atoms with van der Waals surface area (Å²) < 4.78 is 11.7. The zero-order valence-corrected chi connectivity index (χ0v) is 14.9. The third-order valence-electron chi connectivity index (χ3n) is 4.30. The highest BCUT2D eigenvalue weighted by molar-refractivity contribution is 8.02. The second-order valence-electron chi connectivity index (χ2n) is 6.10. The molecule has 2 amide bonds. The van der Waals surface area contributed by atoms with E-state index in [1.807, 2.05) is 24.3 Å². The number of hydrogen-bond acceptors (Lipinski definition) is 3. The number of carbonyl (C=O) groups excluding carboxylic acids is 2. The normalized spacial score (nSPS) is 19.5. The first-order chi connectivity index (χ1) is 11.9. The van der Waals surface area contributed by atoms with Crippen LogP contribution in [0.25, 0.3) is 0 Å². The first-order valence-electron chi connectivity index (χ1n) is 8.01. The van der Waals surface area contributed by atoms with Crippen LogP contribution in [0.1, 0.15) is 12.5 Å². The van der Waals surface area contributed by atoms with Gasteiger partial charge in [0, 0.05) is 18.5 Å². The van der Waals surface area contributed by atoms with Gasteiger partial charge in [0.15, 0.2) is 4.75 Å². The van der Waals surface area contributed by atoms with Gasteiger partial charge in [-0.05, 0) is 43.2 Å². The van der Waals surface area contributed by atoms with E-state index in [1.165, 1.54) is 28.8 Å². The number of thioether (sulfide) groups is 1. The standard InChI is InChI=1S/C19H19FN2O2S/c1-19(17(23)21-12-11-13-7-9-14(20)10-8-13)18(24)22(2)15-5-3-4-6-16(15)25-19/h3-10H,11-12H2,1-2H3,(H,21,23). The van der Waals surface area contributed by atoms with Crippen molar-refractivity contribution in [3.63, 3.8) is 0 Å². The zero-order chi connectivity index (χ0) is 18.0. The Morgan fingerprint density at radius 1 is 1.20 bits per heavy atom. The van der Waals surface area contributed by atoms with Crippen molar-refractivity contribution in [2.45, 2.75) is 23.0 Å². The van der Waals surface area contributed by atoms with Gasteiger partial charge in [0.05, 0.1) is 5.69 Å². The molecule has 0 aliphatic carbocycles. The van der Waals surface area contributed by atoms with Crippen molar-refractivity contribution < 1.29 is 14.0 Å². The van der Waals surface area contributed by atoms with Crippen molar-refractivity contribution in [3.8, 4) is 0 Å². The molecule has 0 radical (unpaired) electrons. The molecule has 4 nitrogen and oxygen atoms in total. The first-order valence-corrected chi connectivity index (χ1v) is 8.82. The lowest BCUT2D eigenvalue weighted by molar-refractivity contribution is -0.131. The molecule has 0 aromatic heterocycles. The largest absolute Gasteiger partial charge is 0.354 e. The molecule has 6 heteroatoms. The second kappa shape index (κ2) is 6.88. The van der Waals surface area contributed by atoms with Gasteiger partial charge in [-0.2, -0.15) is 0 Å². The minimum Gasteiger partial charge on any atom is -0.354 e. The molecule has 0 fully saturated rings. The molecule has 1 heterocycles. The number of fused-ring (bicyclic) bond motifs is 1. The molecule has 1 N–H and O–H groups in total. The molecule has 0 saturated heterocycles. The van der Waals surface area contributed by atoms with Gasteiger partial charge >= 0.3 is 0 Å². The van der Waals surface area contributed by atoms with Crippen LogP contribution in [0.15, 0.2) is 53.4 Å². The van der Waals surface area contributed by atoms with Gasteiger partial charge in [0.1, 0.15) is 5.82 Å². The second-order valence-corrected chi connectivity index (χ2v) is 7.56. The Bertz CT molecular complexity index is 809. The Balaban J connectivity index is 1.68. The predicted octanol–water partition coefficient (Wildman–Crippen LogP) is 3.01. The van der Waals surface area contributed by atoms with Crippen LogP contribution in [0.2, 0.25) is 0 Å². The van der Waals surface area contributed by atoms with Crippen LogP contribution in [-0.2, 0) is 16.0 Å². The number of benzene rings is 2. The van der Waals surface area contributed by atoms with Gasteiger partial charge in [-0.3, -0.25) is 9.59 Å². The topological polar surface area (TPSA) is 49.4 Å². The van der Waals surface area contributed by atoms with Gasteiger partial charge in [-0.15, -0.1) is 0 Å². The number of anilines is 1. The molecular formula is C19H19FN2O2S. The van der Waals surface area contributed by atoms with Crippen molar-refractivity contribution in [2.24, 2.45) is 0 Å². The minimum absolute atomic E-state index is 0.240. The molecule has 3 rings (SSSR count). The van der Waals surface area contributed by atoms with Crippen LogP contribution >= 0.6 is 11.8 Å². The third kappa shape index (κ3) is 3.39. The van der Waals surface area contributed by atoms with E-state index in [-0.39, 0.29) is 17.6 Å². The fraction of sp³-hybridized carbons (Fsp3) is 0.263. The molecule has 1 unspecified atom stereocenters. The molecule has 2 aromatic rings. The molecule has 0 bridgehead atoms. The van der Waals surface area contributed by atoms with Crippen LogP contribution in [0.3, 0.4) is 0 Å². The smallest absolute Gasteiger partial charge is 0.252 e. The fourth-order valence-electron chi connectivity index (χ4n) is 2.80. The summed E-state index contributed by atoms with van der Waals surface area (Å²) in [5.41, 5.74) is 1.74. The number of para-hydroxylation sites is 1. The maximum Gasteiger partial charge on any atom is 0.252 e. The van der Waals surface area contributed by atoms with Crippen molar-refractivity contribution in [1.29, 1.82) is 0 Å². The number of nitrogens with zero attached hydrogens (tertiary/aromatic N) is 1. The van der Waals surface area contributed by atoms with Crippen molar-refractivity contribution in [3.05, 3.63) is 59.9 Å². The molecule has 2 aromatic carbocycles. The summed E-state index contributed by atoms with van der Waals surface area (Å²) in [4.78, 5) is 27.9. The summed E-state index contributed by atoms with van der Waals surface area (Å²) in [7, 11) is 1.69. The van der Waals surface area contributed by atoms with E-state index < -0.39 is 4.75 Å². The lowest BCUT2D eigenvalue weighted by atomic mass is 10.1. The first kappa shape index (κ1) is 17.5. The van der Waals surface area contributed by atoms with Crippen LogP contribution < -0.4 is 10.2 Å². The highest BCUT2D eigenvalue weighted by atomic mass is 32.2. The number of amides is 2. The molecule has 130 valence electrons. The Labute approximate surface area is 150 Å². The predicted molar refractivity (Wildman–Crippen MR) is 97.2 cm³/mol.